The Labute approximate surface area is 161 Å². The molecule has 27 heavy (non-hydrogen) atoms. The molecule has 0 atom stereocenters. The van der Waals surface area contributed by atoms with E-state index >= 15 is 0 Å². The number of aryl methyl sites for hydroxylation is 1. The fourth-order valence-corrected chi connectivity index (χ4v) is 3.18. The first-order valence-electron chi connectivity index (χ1n) is 8.52. The number of amides is 1. The highest BCUT2D eigenvalue weighted by atomic mass is 32.2. The normalized spacial score (nSPS) is 11.0. The zero-order valence-corrected chi connectivity index (χ0v) is 16.0. The lowest BCUT2D eigenvalue weighted by Gasteiger charge is -2.07. The Balaban J connectivity index is 1.60. The quantitative estimate of drug-likeness (QED) is 0.387. The topological polar surface area (TPSA) is 85.1 Å². The highest BCUT2D eigenvalue weighted by molar-refractivity contribution is 7.99. The van der Waals surface area contributed by atoms with Crippen LogP contribution in [0.15, 0.2) is 59.0 Å². The number of pyridine rings is 1. The predicted molar refractivity (Wildman–Crippen MR) is 107 cm³/mol. The maximum atomic E-state index is 12.0. The van der Waals surface area contributed by atoms with Crippen LogP contribution in [0.2, 0.25) is 0 Å². The molecule has 1 aromatic carbocycles. The molecule has 2 aromatic heterocycles. The van der Waals surface area contributed by atoms with E-state index in [1.165, 1.54) is 17.3 Å². The molecular formula is C19H20N6OS. The zero-order chi connectivity index (χ0) is 19.1. The Bertz CT molecular complexity index is 921. The van der Waals surface area contributed by atoms with Gasteiger partial charge in [-0.05, 0) is 19.9 Å². The monoisotopic (exact) mass is 380 g/mol. The molecule has 0 saturated heterocycles. The van der Waals surface area contributed by atoms with E-state index in [0.717, 1.165) is 23.5 Å². The van der Waals surface area contributed by atoms with Crippen molar-refractivity contribution in [2.24, 2.45) is 5.10 Å². The highest BCUT2D eigenvalue weighted by Gasteiger charge is 2.14. The van der Waals surface area contributed by atoms with Gasteiger partial charge in [0.05, 0.1) is 12.0 Å². The summed E-state index contributed by atoms with van der Waals surface area (Å²) >= 11 is 1.34. The van der Waals surface area contributed by atoms with Gasteiger partial charge in [-0.2, -0.15) is 5.10 Å². The fourth-order valence-electron chi connectivity index (χ4n) is 2.39. The number of benzene rings is 1. The zero-order valence-electron chi connectivity index (χ0n) is 15.2. The Kier molecular flexibility index (Phi) is 6.32. The summed E-state index contributed by atoms with van der Waals surface area (Å²) in [7, 11) is 0. The molecule has 3 rings (SSSR count). The van der Waals surface area contributed by atoms with E-state index in [-0.39, 0.29) is 11.7 Å². The summed E-state index contributed by atoms with van der Waals surface area (Å²) in [5.74, 6) is 0.800. The van der Waals surface area contributed by atoms with Crippen LogP contribution in [0.3, 0.4) is 0 Å². The number of hydrogen-bond donors (Lipinski definition) is 1. The molecule has 8 heteroatoms. The second-order valence-corrected chi connectivity index (χ2v) is 6.73. The molecule has 138 valence electrons. The van der Waals surface area contributed by atoms with Gasteiger partial charge in [-0.25, -0.2) is 5.43 Å². The second kappa shape index (κ2) is 9.09. The van der Waals surface area contributed by atoms with Crippen LogP contribution in [0, 0.1) is 6.92 Å². The van der Waals surface area contributed by atoms with Crippen molar-refractivity contribution in [2.45, 2.75) is 25.5 Å². The number of carbonyl (C=O) groups is 1. The number of thioether (sulfide) groups is 1. The maximum Gasteiger partial charge on any atom is 0.250 e. The molecule has 0 bridgehead atoms. The average molecular weight is 380 g/mol. The van der Waals surface area contributed by atoms with E-state index in [0.29, 0.717) is 5.16 Å². The molecule has 0 aliphatic rings. The Morgan fingerprint density at radius 3 is 2.78 bits per heavy atom. The van der Waals surface area contributed by atoms with Gasteiger partial charge in [0.1, 0.15) is 0 Å². The number of aromatic nitrogens is 4. The van der Waals surface area contributed by atoms with E-state index in [4.69, 9.17) is 0 Å². The summed E-state index contributed by atoms with van der Waals surface area (Å²) in [5.41, 5.74) is 5.53. The van der Waals surface area contributed by atoms with Gasteiger partial charge < -0.3 is 4.57 Å². The third-order valence-electron chi connectivity index (χ3n) is 3.76. The van der Waals surface area contributed by atoms with Crippen molar-refractivity contribution in [3.05, 3.63) is 59.9 Å². The summed E-state index contributed by atoms with van der Waals surface area (Å²) in [5, 5.41) is 13.2. The third kappa shape index (κ3) is 5.01. The van der Waals surface area contributed by atoms with Crippen molar-refractivity contribution < 1.29 is 4.79 Å². The minimum Gasteiger partial charge on any atom is -0.302 e. The second-order valence-electron chi connectivity index (χ2n) is 5.78. The van der Waals surface area contributed by atoms with Crippen LogP contribution in [0.1, 0.15) is 18.1 Å². The predicted octanol–water partition coefficient (Wildman–Crippen LogP) is 2.91. The molecule has 0 fully saturated rings. The first kappa shape index (κ1) is 18.8. The van der Waals surface area contributed by atoms with Crippen LogP contribution < -0.4 is 5.43 Å². The van der Waals surface area contributed by atoms with Crippen LogP contribution in [-0.4, -0.2) is 37.6 Å². The summed E-state index contributed by atoms with van der Waals surface area (Å²) in [6.07, 6.45) is 4.90. The number of rotatable bonds is 7. The maximum absolute atomic E-state index is 12.0. The average Bonchev–Trinajstić information content (AvgIpc) is 3.10. The first-order valence-corrected chi connectivity index (χ1v) is 9.51. The van der Waals surface area contributed by atoms with Crippen molar-refractivity contribution in [1.29, 1.82) is 0 Å². The van der Waals surface area contributed by atoms with E-state index in [1.807, 2.05) is 54.8 Å². The van der Waals surface area contributed by atoms with Gasteiger partial charge in [-0.1, -0.05) is 47.7 Å². The molecule has 3 aromatic rings. The number of nitrogens with one attached hydrogen (secondary N) is 1. The Morgan fingerprint density at radius 1 is 1.26 bits per heavy atom. The van der Waals surface area contributed by atoms with Crippen LogP contribution in [0.4, 0.5) is 0 Å². The van der Waals surface area contributed by atoms with Crippen LogP contribution in [-0.2, 0) is 11.3 Å². The van der Waals surface area contributed by atoms with Crippen LogP contribution >= 0.6 is 11.8 Å². The third-order valence-corrected chi connectivity index (χ3v) is 4.73. The van der Waals surface area contributed by atoms with Crippen molar-refractivity contribution in [3.63, 3.8) is 0 Å². The van der Waals surface area contributed by atoms with Crippen molar-refractivity contribution in [2.75, 3.05) is 5.75 Å². The lowest BCUT2D eigenvalue weighted by molar-refractivity contribution is -0.118. The van der Waals surface area contributed by atoms with Crippen molar-refractivity contribution in [3.8, 4) is 11.4 Å². The fraction of sp³-hybridized carbons (Fsp3) is 0.211. The van der Waals surface area contributed by atoms with Crippen molar-refractivity contribution >= 4 is 23.9 Å². The van der Waals surface area contributed by atoms with Crippen LogP contribution in [0.5, 0.6) is 0 Å². The van der Waals surface area contributed by atoms with Gasteiger partial charge in [0.15, 0.2) is 11.0 Å². The molecule has 0 saturated carbocycles. The summed E-state index contributed by atoms with van der Waals surface area (Å²) in [6, 6.07) is 11.8. The molecule has 0 radical (unpaired) electrons. The lowest BCUT2D eigenvalue weighted by atomic mass is 10.1. The van der Waals surface area contributed by atoms with Gasteiger partial charge in [0.25, 0.3) is 5.91 Å². The highest BCUT2D eigenvalue weighted by Crippen LogP contribution is 2.24. The molecule has 1 N–H and O–H groups in total. The standard InChI is InChI=1S/C19H20N6OS/c1-3-25-18(16-8-6-14(2)7-9-16)23-24-19(25)27-13-17(26)22-21-12-15-5-4-10-20-11-15/h4-12H,3,13H2,1-2H3,(H,22,26). The number of hydrogen-bond acceptors (Lipinski definition) is 6. The molecule has 1 amide bonds. The molecule has 0 unspecified atom stereocenters. The number of hydrazone groups is 1. The van der Waals surface area contributed by atoms with E-state index < -0.39 is 0 Å². The van der Waals surface area contributed by atoms with Crippen LogP contribution in [0.25, 0.3) is 11.4 Å². The largest absolute Gasteiger partial charge is 0.302 e. The summed E-state index contributed by atoms with van der Waals surface area (Å²) in [6.45, 7) is 4.80. The molecule has 0 aliphatic carbocycles. The first-order chi connectivity index (χ1) is 13.2. The van der Waals surface area contributed by atoms with Gasteiger partial charge in [-0.3, -0.25) is 9.78 Å². The van der Waals surface area contributed by atoms with E-state index in [2.05, 4.69) is 25.7 Å². The van der Waals surface area contributed by atoms with Gasteiger partial charge >= 0.3 is 0 Å². The smallest absolute Gasteiger partial charge is 0.250 e. The molecule has 2 heterocycles. The SMILES string of the molecule is CCn1c(SCC(=O)NN=Cc2cccnc2)nnc1-c1ccc(C)cc1. The Morgan fingerprint density at radius 2 is 2.07 bits per heavy atom. The van der Waals surface area contributed by atoms with E-state index in [1.54, 1.807) is 18.6 Å². The number of carbonyl (C=O) groups excluding carboxylic acids is 1. The molecular weight excluding hydrogens is 360 g/mol. The number of nitrogens with zero attached hydrogens (tertiary/aromatic N) is 5. The minimum atomic E-state index is -0.206. The van der Waals surface area contributed by atoms with Gasteiger partial charge in [0.2, 0.25) is 0 Å². The van der Waals surface area contributed by atoms with Gasteiger partial charge in [-0.15, -0.1) is 10.2 Å². The van der Waals surface area contributed by atoms with Crippen molar-refractivity contribution in [1.82, 2.24) is 25.2 Å². The lowest BCUT2D eigenvalue weighted by Crippen LogP contribution is -2.20. The molecule has 7 nitrogen and oxygen atoms in total. The molecule has 0 spiro atoms. The van der Waals surface area contributed by atoms with Gasteiger partial charge in [0, 0.05) is 30.1 Å². The van der Waals surface area contributed by atoms with E-state index in [9.17, 15) is 4.79 Å². The molecule has 0 aliphatic heterocycles. The Hall–Kier alpha value is -3.00. The summed E-state index contributed by atoms with van der Waals surface area (Å²) < 4.78 is 2.00. The summed E-state index contributed by atoms with van der Waals surface area (Å²) in [4.78, 5) is 16.0. The minimum absolute atomic E-state index is 0.205.